The zero-order valence-corrected chi connectivity index (χ0v) is 29.1. The zero-order valence-electron chi connectivity index (χ0n) is 29.1. The van der Waals surface area contributed by atoms with Gasteiger partial charge in [-0.05, 0) is 67.0 Å². The van der Waals surface area contributed by atoms with Crippen LogP contribution in [0, 0.1) is 5.92 Å². The van der Waals surface area contributed by atoms with Crippen LogP contribution >= 0.6 is 0 Å². The Morgan fingerprint density at radius 1 is 0.824 bits per heavy atom. The molecule has 6 rings (SSSR count). The maximum Gasteiger partial charge on any atom is 0.407 e. The van der Waals surface area contributed by atoms with Crippen molar-refractivity contribution < 1.29 is 33.4 Å². The van der Waals surface area contributed by atoms with Gasteiger partial charge in [-0.3, -0.25) is 14.4 Å². The van der Waals surface area contributed by atoms with E-state index < -0.39 is 54.0 Å². The Bertz CT molecular complexity index is 1910. The number of aromatic amines is 1. The summed E-state index contributed by atoms with van der Waals surface area (Å²) in [5, 5.41) is 8.75. The summed E-state index contributed by atoms with van der Waals surface area (Å²) >= 11 is 0. The molecule has 266 valence electrons. The van der Waals surface area contributed by atoms with E-state index in [9.17, 15) is 24.0 Å². The minimum atomic E-state index is -0.997. The highest BCUT2D eigenvalue weighted by Crippen LogP contribution is 2.44. The summed E-state index contributed by atoms with van der Waals surface area (Å²) in [5.41, 5.74) is 5.17. The van der Waals surface area contributed by atoms with E-state index in [1.165, 1.54) is 18.7 Å². The number of likely N-dealkylation sites (tertiary alicyclic amines) is 1. The number of esters is 1. The molecule has 3 aromatic carbocycles. The van der Waals surface area contributed by atoms with Crippen LogP contribution in [-0.2, 0) is 23.9 Å². The summed E-state index contributed by atoms with van der Waals surface area (Å²) in [6, 6.07) is 19.6. The summed E-state index contributed by atoms with van der Waals surface area (Å²) in [4.78, 5) is 70.5. The average Bonchev–Trinajstić information content (AvgIpc) is 3.85. The molecule has 1 fully saturated rings. The van der Waals surface area contributed by atoms with E-state index in [0.717, 1.165) is 33.2 Å². The van der Waals surface area contributed by atoms with Crippen LogP contribution in [0.2, 0.25) is 0 Å². The zero-order chi connectivity index (χ0) is 36.2. The van der Waals surface area contributed by atoms with E-state index in [2.05, 4.69) is 20.9 Å². The number of H-pyrrole nitrogens is 1. The largest absolute Gasteiger partial charge is 0.449 e. The maximum absolute atomic E-state index is 13.5. The molecule has 0 radical (unpaired) electrons. The maximum atomic E-state index is 13.5. The van der Waals surface area contributed by atoms with Crippen LogP contribution in [0.25, 0.3) is 22.0 Å². The van der Waals surface area contributed by atoms with Gasteiger partial charge in [0.05, 0.1) is 0 Å². The third-order valence-corrected chi connectivity index (χ3v) is 9.62. The van der Waals surface area contributed by atoms with Crippen molar-refractivity contribution in [3.05, 3.63) is 90.1 Å². The number of hydrogen-bond donors (Lipinski definition) is 4. The van der Waals surface area contributed by atoms with Crippen LogP contribution in [-0.4, -0.2) is 77.0 Å². The second-order valence-corrected chi connectivity index (χ2v) is 13.5. The number of amides is 4. The second-order valence-electron chi connectivity index (χ2n) is 13.5. The number of nitrogens with one attached hydrogen (secondary N) is 4. The van der Waals surface area contributed by atoms with Gasteiger partial charge in [-0.1, -0.05) is 74.5 Å². The van der Waals surface area contributed by atoms with Gasteiger partial charge in [0.2, 0.25) is 17.7 Å². The number of para-hydroxylation sites is 1. The number of ether oxygens (including phenoxy) is 2. The first kappa shape index (κ1) is 35.2. The van der Waals surface area contributed by atoms with Crippen LogP contribution in [0.1, 0.15) is 57.6 Å². The third kappa shape index (κ3) is 7.45. The van der Waals surface area contributed by atoms with Crippen molar-refractivity contribution in [2.24, 2.45) is 5.92 Å². The van der Waals surface area contributed by atoms with Gasteiger partial charge >= 0.3 is 12.1 Å². The molecule has 12 nitrogen and oxygen atoms in total. The van der Waals surface area contributed by atoms with Crippen LogP contribution in [0.4, 0.5) is 4.79 Å². The predicted molar refractivity (Wildman–Crippen MR) is 191 cm³/mol. The molecular formula is C39H43N5O7. The molecule has 0 spiro atoms. The van der Waals surface area contributed by atoms with Crippen molar-refractivity contribution >= 4 is 40.7 Å². The van der Waals surface area contributed by atoms with Crippen LogP contribution < -0.4 is 20.7 Å². The average molecular weight is 694 g/mol. The Labute approximate surface area is 296 Å². The summed E-state index contributed by atoms with van der Waals surface area (Å²) in [6.07, 6.45) is 1.83. The van der Waals surface area contributed by atoms with Gasteiger partial charge in [0.15, 0.2) is 5.75 Å². The molecule has 4 aromatic rings. The van der Waals surface area contributed by atoms with E-state index in [1.54, 1.807) is 20.0 Å². The molecule has 1 aliphatic heterocycles. The second kappa shape index (κ2) is 15.1. The quantitative estimate of drug-likeness (QED) is 0.167. The standard InChI is InChI=1S/C39H43N5O7/c1-22(2)34(38(48)51-33-20-40-31-17-10-9-16-29(31)33)43-36(46)32-18-11-19-44(32)37(47)24(4)41-35(45)23(3)42-39(49)50-21-30-27-14-7-5-12-25(27)26-13-6-8-15-28(26)30/h5-10,12-17,20,22-24,30,32,34,40H,11,18-19,21H2,1-4H3,(H,41,45)(H,42,49)(H,43,46). The lowest BCUT2D eigenvalue weighted by Gasteiger charge is -2.29. The molecule has 0 bridgehead atoms. The normalized spacial score (nSPS) is 16.9. The molecular weight excluding hydrogens is 650 g/mol. The number of benzene rings is 3. The number of rotatable bonds is 11. The molecule has 1 aliphatic carbocycles. The monoisotopic (exact) mass is 693 g/mol. The van der Waals surface area contributed by atoms with E-state index >= 15 is 0 Å². The highest BCUT2D eigenvalue weighted by molar-refractivity contribution is 5.96. The summed E-state index contributed by atoms with van der Waals surface area (Å²) < 4.78 is 11.2. The van der Waals surface area contributed by atoms with Gasteiger partial charge in [0.25, 0.3) is 0 Å². The molecule has 0 saturated carbocycles. The lowest BCUT2D eigenvalue weighted by molar-refractivity contribution is -0.144. The molecule has 51 heavy (non-hydrogen) atoms. The number of carbonyl (C=O) groups is 5. The lowest BCUT2D eigenvalue weighted by atomic mass is 9.98. The fraction of sp³-hybridized carbons (Fsp3) is 0.359. The fourth-order valence-electron chi connectivity index (χ4n) is 6.88. The highest BCUT2D eigenvalue weighted by Gasteiger charge is 2.39. The molecule has 4 amide bonds. The molecule has 4 atom stereocenters. The van der Waals surface area contributed by atoms with Gasteiger partial charge < -0.3 is 35.3 Å². The highest BCUT2D eigenvalue weighted by atomic mass is 16.5. The van der Waals surface area contributed by atoms with Crippen molar-refractivity contribution in [1.82, 2.24) is 25.8 Å². The summed E-state index contributed by atoms with van der Waals surface area (Å²) in [7, 11) is 0. The Morgan fingerprint density at radius 3 is 2.16 bits per heavy atom. The molecule has 1 aromatic heterocycles. The van der Waals surface area contributed by atoms with E-state index in [4.69, 9.17) is 9.47 Å². The van der Waals surface area contributed by atoms with Gasteiger partial charge in [-0.15, -0.1) is 0 Å². The van der Waals surface area contributed by atoms with Crippen molar-refractivity contribution in [3.8, 4) is 16.9 Å². The predicted octanol–water partition coefficient (Wildman–Crippen LogP) is 4.64. The number of carbonyl (C=O) groups excluding carboxylic acids is 5. The lowest BCUT2D eigenvalue weighted by Crippen LogP contribution is -2.57. The van der Waals surface area contributed by atoms with E-state index in [1.807, 2.05) is 72.8 Å². The van der Waals surface area contributed by atoms with Crippen LogP contribution in [0.5, 0.6) is 5.75 Å². The fourth-order valence-corrected chi connectivity index (χ4v) is 6.88. The Morgan fingerprint density at radius 2 is 1.47 bits per heavy atom. The number of nitrogens with zero attached hydrogens (tertiary/aromatic N) is 1. The number of alkyl carbamates (subject to hydrolysis) is 1. The summed E-state index contributed by atoms with van der Waals surface area (Å²) in [6.45, 7) is 7.05. The minimum Gasteiger partial charge on any atom is -0.449 e. The molecule has 12 heteroatoms. The molecule has 2 heterocycles. The first-order valence-electron chi connectivity index (χ1n) is 17.3. The Kier molecular flexibility index (Phi) is 10.4. The number of aromatic nitrogens is 1. The van der Waals surface area contributed by atoms with Gasteiger partial charge in [0, 0.05) is 29.6 Å². The van der Waals surface area contributed by atoms with Gasteiger partial charge in [-0.2, -0.15) is 0 Å². The number of hydrogen-bond acceptors (Lipinski definition) is 7. The Balaban J connectivity index is 1.00. The molecule has 2 aliphatic rings. The molecule has 4 unspecified atom stereocenters. The van der Waals surface area contributed by atoms with Crippen molar-refractivity contribution in [3.63, 3.8) is 0 Å². The van der Waals surface area contributed by atoms with E-state index in [-0.39, 0.29) is 18.4 Å². The third-order valence-electron chi connectivity index (χ3n) is 9.62. The van der Waals surface area contributed by atoms with Crippen molar-refractivity contribution in [1.29, 1.82) is 0 Å². The van der Waals surface area contributed by atoms with Gasteiger partial charge in [-0.25, -0.2) is 9.59 Å². The minimum absolute atomic E-state index is 0.0971. The number of fused-ring (bicyclic) bond motifs is 4. The summed E-state index contributed by atoms with van der Waals surface area (Å²) in [5.74, 6) is -2.17. The van der Waals surface area contributed by atoms with Crippen LogP contribution in [0.15, 0.2) is 79.0 Å². The first-order valence-corrected chi connectivity index (χ1v) is 17.3. The Hall–Kier alpha value is -5.65. The van der Waals surface area contributed by atoms with Crippen molar-refractivity contribution in [2.75, 3.05) is 13.2 Å². The van der Waals surface area contributed by atoms with E-state index in [0.29, 0.717) is 25.1 Å². The SMILES string of the molecule is CC(NC(=O)OCC1c2ccccc2-c2ccccc21)C(=O)NC(C)C(=O)N1CCCC1C(=O)NC(C(=O)Oc1c[nH]c2ccccc12)C(C)C. The smallest absolute Gasteiger partial charge is 0.407 e. The van der Waals surface area contributed by atoms with Crippen LogP contribution in [0.3, 0.4) is 0 Å². The topological polar surface area (TPSA) is 159 Å². The first-order chi connectivity index (χ1) is 24.5. The molecule has 4 N–H and O–H groups in total. The van der Waals surface area contributed by atoms with Crippen molar-refractivity contribution in [2.45, 2.75) is 70.6 Å². The van der Waals surface area contributed by atoms with Gasteiger partial charge in [0.1, 0.15) is 30.8 Å². The molecule has 1 saturated heterocycles.